The predicted molar refractivity (Wildman–Crippen MR) is 69.5 cm³/mol. The Bertz CT molecular complexity index is 573. The minimum Gasteiger partial charge on any atom is -0.317 e. The van der Waals surface area contributed by atoms with Gasteiger partial charge in [-0.1, -0.05) is 12.1 Å². The summed E-state index contributed by atoms with van der Waals surface area (Å²) >= 11 is 0. The van der Waals surface area contributed by atoms with Crippen LogP contribution < -0.4 is 5.32 Å². The van der Waals surface area contributed by atoms with Gasteiger partial charge in [0.25, 0.3) is 0 Å². The van der Waals surface area contributed by atoms with E-state index in [1.165, 1.54) is 0 Å². The summed E-state index contributed by atoms with van der Waals surface area (Å²) in [6.45, 7) is 3.88. The van der Waals surface area contributed by atoms with Gasteiger partial charge >= 0.3 is 0 Å². The van der Waals surface area contributed by atoms with Crippen molar-refractivity contribution in [3.63, 3.8) is 0 Å². The highest BCUT2D eigenvalue weighted by molar-refractivity contribution is 7.95. The van der Waals surface area contributed by atoms with Crippen molar-refractivity contribution in [2.24, 2.45) is 0 Å². The van der Waals surface area contributed by atoms with Crippen LogP contribution in [-0.2, 0) is 9.84 Å². The van der Waals surface area contributed by atoms with Crippen molar-refractivity contribution in [1.82, 2.24) is 5.32 Å². The second kappa shape index (κ2) is 4.27. The molecule has 0 saturated heterocycles. The first-order valence-electron chi connectivity index (χ1n) is 5.68. The molecule has 0 fully saturated rings. The van der Waals surface area contributed by atoms with E-state index in [-0.39, 0.29) is 6.04 Å². The topological polar surface area (TPSA) is 46.2 Å². The van der Waals surface area contributed by atoms with Crippen LogP contribution in [0.15, 0.2) is 28.0 Å². The molecule has 92 valence electrons. The molecule has 3 nitrogen and oxygen atoms in total. The lowest BCUT2D eigenvalue weighted by molar-refractivity contribution is 0.586. The number of rotatable bonds is 3. The van der Waals surface area contributed by atoms with Crippen LogP contribution in [0.2, 0.25) is 0 Å². The molecule has 0 saturated carbocycles. The summed E-state index contributed by atoms with van der Waals surface area (Å²) in [4.78, 5) is 0.968. The molecule has 0 spiro atoms. The maximum absolute atomic E-state index is 12.3. The second-order valence-corrected chi connectivity index (χ2v) is 6.52. The van der Waals surface area contributed by atoms with E-state index in [0.29, 0.717) is 16.2 Å². The molecule has 1 heterocycles. The molecule has 1 aliphatic rings. The first kappa shape index (κ1) is 12.3. The van der Waals surface area contributed by atoms with Gasteiger partial charge in [-0.15, -0.1) is 0 Å². The van der Waals surface area contributed by atoms with Gasteiger partial charge in [0.15, 0.2) is 0 Å². The van der Waals surface area contributed by atoms with Crippen LogP contribution >= 0.6 is 0 Å². The van der Waals surface area contributed by atoms with E-state index < -0.39 is 9.84 Å². The molecular formula is C13H17NO2S. The molecule has 4 heteroatoms. The molecule has 1 aromatic rings. The molecule has 1 N–H and O–H groups in total. The Balaban J connectivity index is 2.43. The first-order valence-corrected chi connectivity index (χ1v) is 7.17. The van der Waals surface area contributed by atoms with E-state index in [0.717, 1.165) is 11.1 Å². The van der Waals surface area contributed by atoms with Gasteiger partial charge in [-0.05, 0) is 50.6 Å². The summed E-state index contributed by atoms with van der Waals surface area (Å²) in [6.07, 6.45) is 2.32. The average Bonchev–Trinajstić information content (AvgIpc) is 2.52. The molecule has 1 aromatic carbocycles. The van der Waals surface area contributed by atoms with Crippen molar-refractivity contribution >= 4 is 15.9 Å². The van der Waals surface area contributed by atoms with Gasteiger partial charge in [-0.2, -0.15) is 0 Å². The fourth-order valence-corrected chi connectivity index (χ4v) is 3.77. The number of benzene rings is 1. The van der Waals surface area contributed by atoms with Crippen LogP contribution in [0, 0.1) is 6.92 Å². The van der Waals surface area contributed by atoms with Crippen molar-refractivity contribution in [2.45, 2.75) is 31.2 Å². The number of fused-ring (bicyclic) bond motifs is 1. The summed E-state index contributed by atoms with van der Waals surface area (Å²) in [6, 6.07) is 5.72. The molecule has 2 rings (SSSR count). The Morgan fingerprint density at radius 1 is 1.35 bits per heavy atom. The monoisotopic (exact) mass is 251 g/mol. The van der Waals surface area contributed by atoms with E-state index in [1.807, 2.05) is 33.0 Å². The second-order valence-electron chi connectivity index (χ2n) is 4.55. The van der Waals surface area contributed by atoms with Crippen LogP contribution in [0.5, 0.6) is 0 Å². The summed E-state index contributed by atoms with van der Waals surface area (Å²) < 4.78 is 24.6. The average molecular weight is 251 g/mol. The number of hydrogen-bond donors (Lipinski definition) is 1. The Hall–Kier alpha value is -1.13. The number of hydrogen-bond acceptors (Lipinski definition) is 3. The SMILES string of the molecule is CNC(C)CC1=Cc2ccc(C)cc2S1(=O)=O. The van der Waals surface area contributed by atoms with Crippen LogP contribution in [0.1, 0.15) is 24.5 Å². The highest BCUT2D eigenvalue weighted by Crippen LogP contribution is 2.35. The van der Waals surface area contributed by atoms with Crippen molar-refractivity contribution in [3.05, 3.63) is 34.2 Å². The largest absolute Gasteiger partial charge is 0.317 e. The number of aryl methyl sites for hydroxylation is 1. The number of nitrogens with one attached hydrogen (secondary N) is 1. The molecule has 0 aliphatic carbocycles. The van der Waals surface area contributed by atoms with Gasteiger partial charge in [0.05, 0.1) is 9.80 Å². The van der Waals surface area contributed by atoms with Gasteiger partial charge in [0.2, 0.25) is 9.84 Å². The Labute approximate surface area is 102 Å². The van der Waals surface area contributed by atoms with Crippen LogP contribution in [-0.4, -0.2) is 21.5 Å². The Morgan fingerprint density at radius 3 is 2.71 bits per heavy atom. The molecule has 0 amide bonds. The Morgan fingerprint density at radius 2 is 2.06 bits per heavy atom. The predicted octanol–water partition coefficient (Wildman–Crippen LogP) is 2.12. The van der Waals surface area contributed by atoms with E-state index in [1.54, 1.807) is 12.1 Å². The third-order valence-electron chi connectivity index (χ3n) is 3.12. The van der Waals surface area contributed by atoms with E-state index in [4.69, 9.17) is 0 Å². The lowest BCUT2D eigenvalue weighted by Crippen LogP contribution is -2.22. The lowest BCUT2D eigenvalue weighted by atomic mass is 10.1. The van der Waals surface area contributed by atoms with Gasteiger partial charge in [0, 0.05) is 6.04 Å². The highest BCUT2D eigenvalue weighted by Gasteiger charge is 2.29. The van der Waals surface area contributed by atoms with E-state index in [9.17, 15) is 8.42 Å². The molecular weight excluding hydrogens is 234 g/mol. The van der Waals surface area contributed by atoms with E-state index >= 15 is 0 Å². The normalized spacial score (nSPS) is 18.6. The molecule has 0 aromatic heterocycles. The van der Waals surface area contributed by atoms with Gasteiger partial charge in [-0.3, -0.25) is 0 Å². The summed E-state index contributed by atoms with van der Waals surface area (Å²) in [5.41, 5.74) is 1.79. The molecule has 1 unspecified atom stereocenters. The van der Waals surface area contributed by atoms with Gasteiger partial charge < -0.3 is 5.32 Å². The minimum absolute atomic E-state index is 0.159. The maximum atomic E-state index is 12.3. The first-order chi connectivity index (χ1) is 7.95. The molecule has 1 atom stereocenters. The van der Waals surface area contributed by atoms with Crippen LogP contribution in [0.3, 0.4) is 0 Å². The Kier molecular flexibility index (Phi) is 3.10. The molecule has 1 aliphatic heterocycles. The fraction of sp³-hybridized carbons (Fsp3) is 0.385. The van der Waals surface area contributed by atoms with Crippen molar-refractivity contribution in [2.75, 3.05) is 7.05 Å². The van der Waals surface area contributed by atoms with Gasteiger partial charge in [0.1, 0.15) is 0 Å². The zero-order chi connectivity index (χ0) is 12.6. The van der Waals surface area contributed by atoms with Crippen molar-refractivity contribution in [3.8, 4) is 0 Å². The molecule has 0 radical (unpaired) electrons. The summed E-state index contributed by atoms with van der Waals surface area (Å²) in [5.74, 6) is 0. The fourth-order valence-electron chi connectivity index (χ4n) is 1.96. The van der Waals surface area contributed by atoms with Crippen molar-refractivity contribution < 1.29 is 8.42 Å². The van der Waals surface area contributed by atoms with E-state index in [2.05, 4.69) is 5.32 Å². The lowest BCUT2D eigenvalue weighted by Gasteiger charge is -2.10. The minimum atomic E-state index is -3.25. The molecule has 17 heavy (non-hydrogen) atoms. The zero-order valence-electron chi connectivity index (χ0n) is 10.3. The molecule has 0 bridgehead atoms. The smallest absolute Gasteiger partial charge is 0.203 e. The third-order valence-corrected chi connectivity index (χ3v) is 5.03. The maximum Gasteiger partial charge on any atom is 0.203 e. The third kappa shape index (κ3) is 2.15. The summed E-state index contributed by atoms with van der Waals surface area (Å²) in [7, 11) is -1.42. The number of sulfone groups is 1. The zero-order valence-corrected chi connectivity index (χ0v) is 11.1. The highest BCUT2D eigenvalue weighted by atomic mass is 32.2. The summed E-state index contributed by atoms with van der Waals surface area (Å²) in [5, 5.41) is 3.06. The quantitative estimate of drug-likeness (QED) is 0.895. The van der Waals surface area contributed by atoms with Crippen LogP contribution in [0.25, 0.3) is 6.08 Å². The standard InChI is InChI=1S/C13H17NO2S/c1-9-4-5-11-8-12(7-10(2)14-3)17(15,16)13(11)6-9/h4-6,8,10,14H,7H2,1-3H3. The van der Waals surface area contributed by atoms with Crippen molar-refractivity contribution in [1.29, 1.82) is 0 Å². The van der Waals surface area contributed by atoms with Crippen LogP contribution in [0.4, 0.5) is 0 Å². The van der Waals surface area contributed by atoms with Gasteiger partial charge in [-0.25, -0.2) is 8.42 Å².